The third-order valence-electron chi connectivity index (χ3n) is 5.24. The number of fused-ring (bicyclic) bond motifs is 1. The summed E-state index contributed by atoms with van der Waals surface area (Å²) in [7, 11) is 0. The highest BCUT2D eigenvalue weighted by atomic mass is 16.6. The van der Waals surface area contributed by atoms with Gasteiger partial charge in [0.05, 0.1) is 18.9 Å². The molecule has 2 aromatic rings. The Morgan fingerprint density at radius 2 is 1.76 bits per heavy atom. The van der Waals surface area contributed by atoms with Gasteiger partial charge in [-0.15, -0.1) is 0 Å². The molecule has 2 heterocycles. The van der Waals surface area contributed by atoms with Gasteiger partial charge in [0.1, 0.15) is 19.7 Å². The lowest BCUT2D eigenvalue weighted by Crippen LogP contribution is -3.15. The second-order valence-electron chi connectivity index (χ2n) is 7.21. The smallest absolute Gasteiger partial charge is 0.284 e. The van der Waals surface area contributed by atoms with E-state index in [1.54, 1.807) is 6.07 Å². The molecule has 0 spiro atoms. The number of hydrazone groups is 1. The summed E-state index contributed by atoms with van der Waals surface area (Å²) in [6.07, 6.45) is -0.729. The molecule has 1 amide bonds. The van der Waals surface area contributed by atoms with Crippen molar-refractivity contribution >= 4 is 11.6 Å². The maximum Gasteiger partial charge on any atom is 0.284 e. The van der Waals surface area contributed by atoms with E-state index in [4.69, 9.17) is 14.2 Å². The highest BCUT2D eigenvalue weighted by Gasteiger charge is 2.30. The van der Waals surface area contributed by atoms with Crippen molar-refractivity contribution in [3.8, 4) is 11.5 Å². The van der Waals surface area contributed by atoms with E-state index in [1.807, 2.05) is 43.3 Å². The SMILES string of the molecule is C/C(=N/NC(=O)[C@@H]1COc2ccccc2O1)[C@@H](c1ccccc1)[NH+]1CCOCC1. The molecule has 4 rings (SSSR count). The molecule has 1 fully saturated rings. The molecular weight excluding hydrogens is 370 g/mol. The first-order valence-corrected chi connectivity index (χ1v) is 9.92. The lowest BCUT2D eigenvalue weighted by atomic mass is 10.0. The van der Waals surface area contributed by atoms with E-state index in [-0.39, 0.29) is 18.6 Å². The quantitative estimate of drug-likeness (QED) is 0.584. The normalized spacial score (nSPS) is 20.7. The molecule has 2 atom stereocenters. The van der Waals surface area contributed by atoms with Crippen LogP contribution in [-0.4, -0.2) is 50.6 Å². The lowest BCUT2D eigenvalue weighted by Gasteiger charge is -2.31. The maximum absolute atomic E-state index is 12.6. The van der Waals surface area contributed by atoms with Gasteiger partial charge in [0, 0.05) is 5.56 Å². The second kappa shape index (κ2) is 9.07. The Hall–Kier alpha value is -2.90. The van der Waals surface area contributed by atoms with Crippen LogP contribution in [0.1, 0.15) is 18.5 Å². The van der Waals surface area contributed by atoms with Gasteiger partial charge in [-0.1, -0.05) is 42.5 Å². The molecule has 7 heteroatoms. The number of amides is 1. The van der Waals surface area contributed by atoms with Crippen molar-refractivity contribution in [1.82, 2.24) is 5.43 Å². The standard InChI is InChI=1S/C22H25N3O4/c1-16(21(17-7-3-2-4-8-17)25-11-13-27-14-12-25)23-24-22(26)20-15-28-18-9-5-6-10-19(18)29-20/h2-10,20-21H,11-15H2,1H3,(H,24,26)/p+1/b23-16-/t20-,21-/m0/s1. The van der Waals surface area contributed by atoms with Gasteiger partial charge in [-0.2, -0.15) is 5.10 Å². The van der Waals surface area contributed by atoms with Crippen LogP contribution in [0.3, 0.4) is 0 Å². The van der Waals surface area contributed by atoms with Crippen molar-refractivity contribution in [2.45, 2.75) is 19.1 Å². The number of nitrogens with zero attached hydrogens (tertiary/aromatic N) is 1. The van der Waals surface area contributed by atoms with E-state index in [1.165, 1.54) is 10.5 Å². The Bertz CT molecular complexity index is 865. The maximum atomic E-state index is 12.6. The fourth-order valence-electron chi connectivity index (χ4n) is 3.77. The molecule has 1 saturated heterocycles. The van der Waals surface area contributed by atoms with E-state index < -0.39 is 6.10 Å². The zero-order chi connectivity index (χ0) is 20.1. The van der Waals surface area contributed by atoms with E-state index in [2.05, 4.69) is 22.7 Å². The monoisotopic (exact) mass is 396 g/mol. The van der Waals surface area contributed by atoms with Crippen LogP contribution < -0.4 is 19.8 Å². The number of hydrogen-bond acceptors (Lipinski definition) is 5. The van der Waals surface area contributed by atoms with Crippen molar-refractivity contribution < 1.29 is 23.9 Å². The van der Waals surface area contributed by atoms with Crippen LogP contribution in [0.2, 0.25) is 0 Å². The fraction of sp³-hybridized carbons (Fsp3) is 0.364. The number of carbonyl (C=O) groups is 1. The van der Waals surface area contributed by atoms with Gasteiger partial charge in [0.2, 0.25) is 6.10 Å². The number of morpholine rings is 1. The largest absolute Gasteiger partial charge is 0.485 e. The average molecular weight is 396 g/mol. The minimum atomic E-state index is -0.729. The molecule has 2 N–H and O–H groups in total. The minimum absolute atomic E-state index is 0.0599. The number of hydrogen-bond donors (Lipinski definition) is 2. The van der Waals surface area contributed by atoms with Gasteiger partial charge in [-0.05, 0) is 19.1 Å². The summed E-state index contributed by atoms with van der Waals surface area (Å²) >= 11 is 0. The Morgan fingerprint density at radius 3 is 2.52 bits per heavy atom. The first kappa shape index (κ1) is 19.4. The van der Waals surface area contributed by atoms with Crippen LogP contribution in [0.25, 0.3) is 0 Å². The van der Waals surface area contributed by atoms with Gasteiger partial charge in [-0.25, -0.2) is 5.43 Å². The molecule has 0 bridgehead atoms. The first-order valence-electron chi connectivity index (χ1n) is 9.92. The summed E-state index contributed by atoms with van der Waals surface area (Å²) in [5.74, 6) is 0.901. The van der Waals surface area contributed by atoms with Crippen molar-refractivity contribution in [3.05, 3.63) is 60.2 Å². The van der Waals surface area contributed by atoms with Crippen LogP contribution in [0, 0.1) is 0 Å². The third-order valence-corrected chi connectivity index (χ3v) is 5.24. The molecule has 0 unspecified atom stereocenters. The number of quaternary nitrogens is 1. The van der Waals surface area contributed by atoms with Crippen LogP contribution >= 0.6 is 0 Å². The molecule has 0 saturated carbocycles. The molecule has 0 radical (unpaired) electrons. The number of ether oxygens (including phenoxy) is 3. The van der Waals surface area contributed by atoms with Gasteiger partial charge < -0.3 is 19.1 Å². The van der Waals surface area contributed by atoms with E-state index >= 15 is 0 Å². The number of rotatable bonds is 5. The average Bonchev–Trinajstić information content (AvgIpc) is 2.79. The molecule has 2 aromatic carbocycles. The molecule has 0 aromatic heterocycles. The Morgan fingerprint density at radius 1 is 1.07 bits per heavy atom. The van der Waals surface area contributed by atoms with Crippen molar-refractivity contribution in [3.63, 3.8) is 0 Å². The van der Waals surface area contributed by atoms with Crippen molar-refractivity contribution in [2.24, 2.45) is 5.10 Å². The van der Waals surface area contributed by atoms with E-state index in [0.29, 0.717) is 11.5 Å². The predicted molar refractivity (Wildman–Crippen MR) is 108 cm³/mol. The van der Waals surface area contributed by atoms with Gasteiger partial charge in [0.15, 0.2) is 17.5 Å². The zero-order valence-electron chi connectivity index (χ0n) is 16.5. The van der Waals surface area contributed by atoms with E-state index in [9.17, 15) is 4.79 Å². The molecule has 2 aliphatic rings. The van der Waals surface area contributed by atoms with Gasteiger partial charge >= 0.3 is 0 Å². The summed E-state index contributed by atoms with van der Waals surface area (Å²) in [5.41, 5.74) is 4.69. The molecular formula is C22H26N3O4+. The van der Waals surface area contributed by atoms with Crippen LogP contribution in [0.4, 0.5) is 0 Å². The van der Waals surface area contributed by atoms with Crippen molar-refractivity contribution in [2.75, 3.05) is 32.9 Å². The second-order valence-corrected chi connectivity index (χ2v) is 7.21. The fourth-order valence-corrected chi connectivity index (χ4v) is 3.77. The molecule has 2 aliphatic heterocycles. The highest BCUT2D eigenvalue weighted by Crippen LogP contribution is 2.30. The first-order chi connectivity index (χ1) is 14.2. The predicted octanol–water partition coefficient (Wildman–Crippen LogP) is 0.975. The summed E-state index contributed by atoms with van der Waals surface area (Å²) in [4.78, 5) is 14.0. The Kier molecular flexibility index (Phi) is 6.07. The topological polar surface area (TPSA) is 73.6 Å². The number of nitrogens with one attached hydrogen (secondary N) is 2. The summed E-state index contributed by atoms with van der Waals surface area (Å²) in [6, 6.07) is 17.6. The number of benzene rings is 2. The summed E-state index contributed by atoms with van der Waals surface area (Å²) in [5, 5.41) is 4.43. The third kappa shape index (κ3) is 4.58. The molecule has 29 heavy (non-hydrogen) atoms. The van der Waals surface area contributed by atoms with Crippen LogP contribution in [-0.2, 0) is 9.53 Å². The minimum Gasteiger partial charge on any atom is -0.485 e. The number of para-hydroxylation sites is 2. The highest BCUT2D eigenvalue weighted by molar-refractivity contribution is 5.89. The van der Waals surface area contributed by atoms with Crippen LogP contribution in [0.15, 0.2) is 59.7 Å². The number of carbonyl (C=O) groups excluding carboxylic acids is 1. The van der Waals surface area contributed by atoms with E-state index in [0.717, 1.165) is 32.0 Å². The summed E-state index contributed by atoms with van der Waals surface area (Å²) < 4.78 is 16.9. The molecule has 0 aliphatic carbocycles. The van der Waals surface area contributed by atoms with Gasteiger partial charge in [0.25, 0.3) is 5.91 Å². The lowest BCUT2D eigenvalue weighted by molar-refractivity contribution is -0.928. The molecule has 7 nitrogen and oxygen atoms in total. The van der Waals surface area contributed by atoms with Crippen molar-refractivity contribution in [1.29, 1.82) is 0 Å². The Balaban J connectivity index is 1.46. The van der Waals surface area contributed by atoms with Gasteiger partial charge in [-0.3, -0.25) is 4.79 Å². The van der Waals surface area contributed by atoms with Crippen LogP contribution in [0.5, 0.6) is 11.5 Å². The Labute approximate surface area is 170 Å². The zero-order valence-corrected chi connectivity index (χ0v) is 16.5. The molecule has 152 valence electrons. The summed E-state index contributed by atoms with van der Waals surface area (Å²) in [6.45, 7) is 5.37.